The zero-order chi connectivity index (χ0) is 5.86. The summed E-state index contributed by atoms with van der Waals surface area (Å²) in [6.07, 6.45) is 1.06. The first-order valence-corrected chi connectivity index (χ1v) is 1.99. The van der Waals surface area contributed by atoms with Crippen LogP contribution in [-0.2, 0) is 30.7 Å². The predicted octanol–water partition coefficient (Wildman–Crippen LogP) is 0.366. The third-order valence-corrected chi connectivity index (χ3v) is 0.407. The minimum absolute atomic E-state index is 0. The van der Waals surface area contributed by atoms with Gasteiger partial charge in [-0.05, 0) is 13.8 Å². The molecule has 0 aliphatic carbocycles. The van der Waals surface area contributed by atoms with Gasteiger partial charge in [-0.25, -0.2) is 0 Å². The van der Waals surface area contributed by atoms with Gasteiger partial charge in [0.05, 0.1) is 0 Å². The largest absolute Gasteiger partial charge is 0.334 e. The van der Waals surface area contributed by atoms with Gasteiger partial charge in [-0.3, -0.25) is 6.42 Å². The Morgan fingerprint density at radius 3 is 1.38 bits per heavy atom. The first kappa shape index (κ1) is 10.8. The average molecular weight is 195 g/mol. The summed E-state index contributed by atoms with van der Waals surface area (Å²) in [5.74, 6) is -0.375. The number of hydrogen-bond acceptors (Lipinski definition) is 2. The van der Waals surface area contributed by atoms with Crippen LogP contribution in [0.4, 0.5) is 0 Å². The summed E-state index contributed by atoms with van der Waals surface area (Å²) >= 11 is 0. The van der Waals surface area contributed by atoms with Crippen molar-refractivity contribution >= 4 is 11.6 Å². The van der Waals surface area contributed by atoms with E-state index in [0.717, 1.165) is 6.42 Å². The van der Waals surface area contributed by atoms with Crippen molar-refractivity contribution < 1.29 is 30.7 Å². The fourth-order valence-corrected chi connectivity index (χ4v) is 0.286. The van der Waals surface area contributed by atoms with Crippen molar-refractivity contribution in [1.29, 1.82) is 0 Å². The van der Waals surface area contributed by atoms with Crippen molar-refractivity contribution in [3.05, 3.63) is 6.42 Å². The molecule has 46 valence electrons. The van der Waals surface area contributed by atoms with E-state index < -0.39 is 0 Å². The molecule has 0 saturated carbocycles. The topological polar surface area (TPSA) is 34.1 Å². The minimum Gasteiger partial charge on any atom is -0.334 e. The molecule has 0 aliphatic heterocycles. The van der Waals surface area contributed by atoms with Crippen molar-refractivity contribution in [1.82, 2.24) is 0 Å². The van der Waals surface area contributed by atoms with E-state index in [0.29, 0.717) is 0 Å². The summed E-state index contributed by atoms with van der Waals surface area (Å²) in [7, 11) is 0. The molecule has 0 fully saturated rings. The summed E-state index contributed by atoms with van der Waals surface area (Å²) < 4.78 is 0. The van der Waals surface area contributed by atoms with Gasteiger partial charge in [0, 0.05) is 32.6 Å². The molecule has 0 spiro atoms. The maximum atomic E-state index is 9.98. The molecule has 8 heavy (non-hydrogen) atoms. The second-order valence-corrected chi connectivity index (χ2v) is 1.37. The normalized spacial score (nSPS) is 6.75. The van der Waals surface area contributed by atoms with Gasteiger partial charge in [0.1, 0.15) is 0 Å². The molecule has 0 unspecified atom stereocenters. The molecule has 3 heteroatoms. The van der Waals surface area contributed by atoms with E-state index >= 15 is 0 Å². The van der Waals surface area contributed by atoms with Crippen LogP contribution in [0.3, 0.4) is 0 Å². The van der Waals surface area contributed by atoms with E-state index in [1.807, 2.05) is 0 Å². The molecule has 0 aromatic heterocycles. The Morgan fingerprint density at radius 2 is 1.38 bits per heavy atom. The van der Waals surface area contributed by atoms with E-state index in [1.54, 1.807) is 0 Å². The molecule has 0 amide bonds. The number of Topliss-reactive ketones (excluding diaryl/α,β-unsaturated/α-hetero) is 2. The molecule has 0 radical (unpaired) electrons. The predicted molar refractivity (Wildman–Crippen MR) is 25.7 cm³/mol. The Morgan fingerprint density at radius 1 is 1.12 bits per heavy atom. The molecule has 0 rings (SSSR count). The van der Waals surface area contributed by atoms with Gasteiger partial charge >= 0.3 is 0 Å². The molecule has 0 heterocycles. The molecule has 2 nitrogen and oxygen atoms in total. The van der Waals surface area contributed by atoms with Crippen molar-refractivity contribution in [3.8, 4) is 0 Å². The second kappa shape index (κ2) is 5.04. The number of ketones is 2. The molecule has 0 aromatic rings. The summed E-state index contributed by atoms with van der Waals surface area (Å²) in [5, 5.41) is 0. The van der Waals surface area contributed by atoms with Gasteiger partial charge in [-0.1, -0.05) is 0 Å². The standard InChI is InChI=1S/C5H7O2.Mo/c1-4(6)3-5(2)7;/h3H,1-2H3;/q-1;. The SMILES string of the molecule is CC(=O)[CH-]C(C)=O.[Mo]. The number of rotatable bonds is 2. The van der Waals surface area contributed by atoms with Crippen LogP contribution in [0.15, 0.2) is 0 Å². The number of hydrogen-bond donors (Lipinski definition) is 0. The van der Waals surface area contributed by atoms with Crippen LogP contribution in [0.5, 0.6) is 0 Å². The fraction of sp³-hybridized carbons (Fsp3) is 0.400. The Hall–Kier alpha value is -0.102. The maximum Gasteiger partial charge on any atom is 0.00219 e. The first-order chi connectivity index (χ1) is 3.13. The number of carbonyl (C=O) groups is 2. The smallest absolute Gasteiger partial charge is 0.00219 e. The Balaban J connectivity index is 0. The summed E-state index contributed by atoms with van der Waals surface area (Å²) in [4.78, 5) is 20.0. The molecule has 0 bridgehead atoms. The van der Waals surface area contributed by atoms with Crippen LogP contribution in [0.1, 0.15) is 13.8 Å². The van der Waals surface area contributed by atoms with E-state index in [1.165, 1.54) is 13.8 Å². The molecule has 0 aromatic carbocycles. The van der Waals surface area contributed by atoms with E-state index in [-0.39, 0.29) is 32.6 Å². The van der Waals surface area contributed by atoms with Gasteiger partial charge < -0.3 is 9.59 Å². The Kier molecular flexibility index (Phi) is 6.81. The third kappa shape index (κ3) is 9.31. The van der Waals surface area contributed by atoms with Crippen molar-refractivity contribution in [2.24, 2.45) is 0 Å². The molecular formula is C5H7MoO2-. The zero-order valence-electron chi connectivity index (χ0n) is 4.80. The summed E-state index contributed by atoms with van der Waals surface area (Å²) in [6, 6.07) is 0. The van der Waals surface area contributed by atoms with Crippen molar-refractivity contribution in [2.75, 3.05) is 0 Å². The summed E-state index contributed by atoms with van der Waals surface area (Å²) in [6.45, 7) is 2.70. The van der Waals surface area contributed by atoms with E-state index in [9.17, 15) is 9.59 Å². The molecule has 0 aliphatic rings. The number of carbonyl (C=O) groups excluding carboxylic acids is 2. The molecule has 0 saturated heterocycles. The molecule has 0 atom stereocenters. The zero-order valence-corrected chi connectivity index (χ0v) is 6.81. The van der Waals surface area contributed by atoms with Crippen LogP contribution >= 0.6 is 0 Å². The third-order valence-electron chi connectivity index (χ3n) is 0.407. The second-order valence-electron chi connectivity index (χ2n) is 1.37. The average Bonchev–Trinajstić information content (AvgIpc) is 1.27. The van der Waals surface area contributed by atoms with Gasteiger partial charge in [-0.15, -0.1) is 0 Å². The Labute approximate surface area is 62.9 Å². The first-order valence-electron chi connectivity index (χ1n) is 1.99. The van der Waals surface area contributed by atoms with Crippen LogP contribution in [0, 0.1) is 6.42 Å². The van der Waals surface area contributed by atoms with Crippen molar-refractivity contribution in [2.45, 2.75) is 13.8 Å². The summed E-state index contributed by atoms with van der Waals surface area (Å²) in [5.41, 5.74) is 0. The fourth-order valence-electron chi connectivity index (χ4n) is 0.286. The molecule has 0 N–H and O–H groups in total. The van der Waals surface area contributed by atoms with Crippen LogP contribution in [0.25, 0.3) is 0 Å². The van der Waals surface area contributed by atoms with Gasteiger partial charge in [0.2, 0.25) is 0 Å². The van der Waals surface area contributed by atoms with Crippen molar-refractivity contribution in [3.63, 3.8) is 0 Å². The molecular weight excluding hydrogens is 188 g/mol. The quantitative estimate of drug-likeness (QED) is 0.362. The van der Waals surface area contributed by atoms with E-state index in [4.69, 9.17) is 0 Å². The monoisotopic (exact) mass is 197 g/mol. The maximum absolute atomic E-state index is 9.98. The van der Waals surface area contributed by atoms with Crippen LogP contribution in [0.2, 0.25) is 0 Å². The van der Waals surface area contributed by atoms with Gasteiger partial charge in [0.15, 0.2) is 0 Å². The van der Waals surface area contributed by atoms with Gasteiger partial charge in [0.25, 0.3) is 0 Å². The van der Waals surface area contributed by atoms with Crippen LogP contribution in [-0.4, -0.2) is 11.6 Å². The minimum atomic E-state index is -0.187. The van der Waals surface area contributed by atoms with E-state index in [2.05, 4.69) is 0 Å². The van der Waals surface area contributed by atoms with Crippen LogP contribution < -0.4 is 0 Å². The Bertz CT molecular complexity index is 86.6. The van der Waals surface area contributed by atoms with Gasteiger partial charge in [-0.2, -0.15) is 0 Å².